The first-order valence-corrected chi connectivity index (χ1v) is 7.74. The predicted octanol–water partition coefficient (Wildman–Crippen LogP) is 3.24. The van der Waals surface area contributed by atoms with Gasteiger partial charge in [-0.2, -0.15) is 0 Å². The van der Waals surface area contributed by atoms with Crippen LogP contribution in [-0.2, 0) is 6.54 Å². The standard InChI is InChI=1S/C15H22BrNO/c1-18-15-9-8-12(10-14(15)16)11-17-13-6-4-2-3-5-7-13/h8-10,13,17H,2-7,11H2,1H3/p+1. The third-order valence-electron chi connectivity index (χ3n) is 3.80. The summed E-state index contributed by atoms with van der Waals surface area (Å²) in [5, 5.41) is 2.51. The van der Waals surface area contributed by atoms with Crippen LogP contribution in [-0.4, -0.2) is 13.2 Å². The quantitative estimate of drug-likeness (QED) is 0.849. The lowest BCUT2D eigenvalue weighted by molar-refractivity contribution is -0.705. The van der Waals surface area contributed by atoms with E-state index in [1.807, 2.05) is 6.07 Å². The van der Waals surface area contributed by atoms with Crippen LogP contribution < -0.4 is 10.1 Å². The Bertz CT molecular complexity index is 373. The summed E-state index contributed by atoms with van der Waals surface area (Å²) in [7, 11) is 1.71. The van der Waals surface area contributed by atoms with Crippen LogP contribution in [0, 0.1) is 0 Å². The minimum Gasteiger partial charge on any atom is -0.496 e. The molecule has 1 aromatic carbocycles. The van der Waals surface area contributed by atoms with E-state index >= 15 is 0 Å². The minimum absolute atomic E-state index is 0.827. The van der Waals surface area contributed by atoms with Crippen molar-refractivity contribution in [2.75, 3.05) is 7.11 Å². The van der Waals surface area contributed by atoms with E-state index in [9.17, 15) is 0 Å². The van der Waals surface area contributed by atoms with Crippen molar-refractivity contribution in [1.82, 2.24) is 0 Å². The molecule has 0 atom stereocenters. The molecule has 0 radical (unpaired) electrons. The molecule has 0 spiro atoms. The van der Waals surface area contributed by atoms with Gasteiger partial charge in [0.25, 0.3) is 0 Å². The molecule has 18 heavy (non-hydrogen) atoms. The summed E-state index contributed by atoms with van der Waals surface area (Å²) in [5.74, 6) is 0.910. The van der Waals surface area contributed by atoms with Gasteiger partial charge in [0.05, 0.1) is 17.6 Å². The lowest BCUT2D eigenvalue weighted by Gasteiger charge is -2.13. The minimum atomic E-state index is 0.827. The molecule has 0 aliphatic heterocycles. The summed E-state index contributed by atoms with van der Waals surface area (Å²) >= 11 is 3.55. The monoisotopic (exact) mass is 312 g/mol. The molecule has 0 bridgehead atoms. The van der Waals surface area contributed by atoms with E-state index < -0.39 is 0 Å². The Morgan fingerprint density at radius 1 is 1.22 bits per heavy atom. The molecule has 3 heteroatoms. The fourth-order valence-electron chi connectivity index (χ4n) is 2.69. The number of hydrogen-bond acceptors (Lipinski definition) is 1. The van der Waals surface area contributed by atoms with Gasteiger partial charge in [0.15, 0.2) is 0 Å². The first-order chi connectivity index (χ1) is 8.79. The van der Waals surface area contributed by atoms with Crippen molar-refractivity contribution in [2.45, 2.75) is 51.1 Å². The van der Waals surface area contributed by atoms with Gasteiger partial charge in [-0.05, 0) is 59.8 Å². The summed E-state index contributed by atoms with van der Waals surface area (Å²) in [4.78, 5) is 0. The molecule has 2 nitrogen and oxygen atoms in total. The average molecular weight is 313 g/mol. The molecule has 0 aromatic heterocycles. The van der Waals surface area contributed by atoms with E-state index in [1.54, 1.807) is 7.11 Å². The summed E-state index contributed by atoms with van der Waals surface area (Å²) in [6, 6.07) is 7.21. The molecule has 1 aliphatic carbocycles. The highest BCUT2D eigenvalue weighted by Gasteiger charge is 2.14. The van der Waals surface area contributed by atoms with Crippen LogP contribution in [0.5, 0.6) is 5.75 Å². The fourth-order valence-corrected chi connectivity index (χ4v) is 3.27. The number of quaternary nitrogens is 1. The average Bonchev–Trinajstić information content (AvgIpc) is 2.65. The zero-order chi connectivity index (χ0) is 12.8. The maximum Gasteiger partial charge on any atom is 0.133 e. The second kappa shape index (κ2) is 7.15. The van der Waals surface area contributed by atoms with Crippen LogP contribution in [0.15, 0.2) is 22.7 Å². The lowest BCUT2D eigenvalue weighted by Crippen LogP contribution is -2.88. The van der Waals surface area contributed by atoms with Crippen LogP contribution in [0.3, 0.4) is 0 Å². The topological polar surface area (TPSA) is 25.8 Å². The molecule has 1 saturated carbocycles. The largest absolute Gasteiger partial charge is 0.496 e. The second-order valence-electron chi connectivity index (χ2n) is 5.16. The summed E-state index contributed by atoms with van der Waals surface area (Å²) in [5.41, 5.74) is 1.37. The molecule has 0 amide bonds. The van der Waals surface area contributed by atoms with Crippen molar-refractivity contribution in [1.29, 1.82) is 0 Å². The first kappa shape index (κ1) is 13.9. The number of benzene rings is 1. The summed E-state index contributed by atoms with van der Waals surface area (Å²) in [6.07, 6.45) is 8.45. The third kappa shape index (κ3) is 3.99. The van der Waals surface area contributed by atoms with Gasteiger partial charge in [0.1, 0.15) is 12.3 Å². The van der Waals surface area contributed by atoms with E-state index in [0.29, 0.717) is 0 Å². The SMILES string of the molecule is COc1ccc(C[NH2+]C2CCCCCC2)cc1Br. The van der Waals surface area contributed by atoms with Crippen molar-refractivity contribution >= 4 is 15.9 Å². The van der Waals surface area contributed by atoms with Gasteiger partial charge in [-0.15, -0.1) is 0 Å². The van der Waals surface area contributed by atoms with Gasteiger partial charge < -0.3 is 10.1 Å². The Morgan fingerprint density at radius 3 is 2.56 bits per heavy atom. The molecule has 100 valence electrons. The molecule has 0 unspecified atom stereocenters. The molecule has 2 rings (SSSR count). The molecule has 1 aliphatic rings. The highest BCUT2D eigenvalue weighted by atomic mass is 79.9. The van der Waals surface area contributed by atoms with E-state index in [0.717, 1.165) is 22.8 Å². The highest BCUT2D eigenvalue weighted by Crippen LogP contribution is 2.25. The maximum atomic E-state index is 5.25. The van der Waals surface area contributed by atoms with Crippen LogP contribution in [0.1, 0.15) is 44.1 Å². The van der Waals surface area contributed by atoms with Crippen molar-refractivity contribution in [3.05, 3.63) is 28.2 Å². The zero-order valence-electron chi connectivity index (χ0n) is 11.1. The van der Waals surface area contributed by atoms with Gasteiger partial charge in [0.2, 0.25) is 0 Å². The van der Waals surface area contributed by atoms with E-state index in [2.05, 4.69) is 33.4 Å². The molecular weight excluding hydrogens is 290 g/mol. The smallest absolute Gasteiger partial charge is 0.133 e. The number of hydrogen-bond donors (Lipinski definition) is 1. The Kier molecular flexibility index (Phi) is 5.51. The van der Waals surface area contributed by atoms with Crippen molar-refractivity contribution in [3.63, 3.8) is 0 Å². The van der Waals surface area contributed by atoms with E-state index in [1.165, 1.54) is 44.1 Å². The van der Waals surface area contributed by atoms with Crippen LogP contribution >= 0.6 is 15.9 Å². The van der Waals surface area contributed by atoms with Gasteiger partial charge >= 0.3 is 0 Å². The normalized spacial score (nSPS) is 17.4. The fraction of sp³-hybridized carbons (Fsp3) is 0.600. The maximum absolute atomic E-state index is 5.25. The molecule has 0 saturated heterocycles. The van der Waals surface area contributed by atoms with Crippen molar-refractivity contribution < 1.29 is 10.1 Å². The van der Waals surface area contributed by atoms with Gasteiger partial charge in [-0.25, -0.2) is 0 Å². The molecular formula is C15H23BrNO+. The number of nitrogens with two attached hydrogens (primary N) is 1. The van der Waals surface area contributed by atoms with Gasteiger partial charge in [0, 0.05) is 5.56 Å². The van der Waals surface area contributed by atoms with Crippen LogP contribution in [0.2, 0.25) is 0 Å². The van der Waals surface area contributed by atoms with Crippen molar-refractivity contribution in [2.24, 2.45) is 0 Å². The Morgan fingerprint density at radius 2 is 1.94 bits per heavy atom. The lowest BCUT2D eigenvalue weighted by atomic mass is 10.1. The number of halogens is 1. The first-order valence-electron chi connectivity index (χ1n) is 6.95. The Hall–Kier alpha value is -0.540. The van der Waals surface area contributed by atoms with Crippen LogP contribution in [0.25, 0.3) is 0 Å². The summed E-state index contributed by atoms with van der Waals surface area (Å²) < 4.78 is 6.31. The number of rotatable bonds is 4. The second-order valence-corrected chi connectivity index (χ2v) is 6.01. The Labute approximate surface area is 118 Å². The summed E-state index contributed by atoms with van der Waals surface area (Å²) in [6.45, 7) is 1.08. The molecule has 0 heterocycles. The third-order valence-corrected chi connectivity index (χ3v) is 4.42. The number of ether oxygens (including phenoxy) is 1. The highest BCUT2D eigenvalue weighted by molar-refractivity contribution is 9.10. The van der Waals surface area contributed by atoms with Crippen molar-refractivity contribution in [3.8, 4) is 5.75 Å². The number of methoxy groups -OCH3 is 1. The van der Waals surface area contributed by atoms with E-state index in [-0.39, 0.29) is 0 Å². The van der Waals surface area contributed by atoms with Gasteiger partial charge in [-0.3, -0.25) is 0 Å². The Balaban J connectivity index is 1.87. The molecule has 2 N–H and O–H groups in total. The molecule has 1 aromatic rings. The van der Waals surface area contributed by atoms with Crippen LogP contribution in [0.4, 0.5) is 0 Å². The molecule has 1 fully saturated rings. The predicted molar refractivity (Wildman–Crippen MR) is 77.8 cm³/mol. The van der Waals surface area contributed by atoms with Gasteiger partial charge in [-0.1, -0.05) is 12.8 Å². The zero-order valence-corrected chi connectivity index (χ0v) is 12.7. The van der Waals surface area contributed by atoms with E-state index in [4.69, 9.17) is 4.74 Å².